The number of carbonyl (C=O) groups excluding carboxylic acids is 1. The van der Waals surface area contributed by atoms with Gasteiger partial charge in [-0.25, -0.2) is 9.78 Å². The third-order valence-corrected chi connectivity index (χ3v) is 4.06. The van der Waals surface area contributed by atoms with Crippen LogP contribution in [-0.2, 0) is 10.1 Å². The topological polar surface area (TPSA) is 61.2 Å². The molecule has 118 valence electrons. The van der Waals surface area contributed by atoms with Crippen LogP contribution < -0.4 is 10.4 Å². The molecular weight excluding hydrogens is 348 g/mol. The smallest absolute Gasteiger partial charge is 0.331 e. The summed E-state index contributed by atoms with van der Waals surface area (Å²) in [4.78, 5) is 34.4. The number of hydrogen-bond acceptors (Lipinski definition) is 4. The number of aryl methyl sites for hydroxylation is 2. The van der Waals surface area contributed by atoms with Crippen molar-refractivity contribution in [3.63, 3.8) is 0 Å². The molecule has 0 fully saturated rings. The van der Waals surface area contributed by atoms with Gasteiger partial charge in [0.2, 0.25) is 0 Å². The van der Waals surface area contributed by atoms with E-state index in [0.29, 0.717) is 22.1 Å². The van der Waals surface area contributed by atoms with Crippen LogP contribution in [0.1, 0.15) is 37.7 Å². The maximum Gasteiger partial charge on any atom is 0.338 e. The van der Waals surface area contributed by atoms with Crippen LogP contribution in [0.4, 0.5) is 0 Å². The SMILES string of the molecule is Cc1c(CBr)ccc2nc(C)n(OC(=O)C(C)(C)C)c(=O)c12. The predicted molar refractivity (Wildman–Crippen MR) is 89.2 cm³/mol. The monoisotopic (exact) mass is 366 g/mol. The van der Waals surface area contributed by atoms with Crippen LogP contribution in [0.25, 0.3) is 10.9 Å². The van der Waals surface area contributed by atoms with E-state index >= 15 is 0 Å². The van der Waals surface area contributed by atoms with Gasteiger partial charge in [0.1, 0.15) is 5.82 Å². The van der Waals surface area contributed by atoms with Crippen LogP contribution in [0.5, 0.6) is 0 Å². The molecule has 5 nitrogen and oxygen atoms in total. The molecule has 1 aromatic carbocycles. The Bertz CT molecular complexity index is 804. The zero-order chi connectivity index (χ0) is 16.7. The summed E-state index contributed by atoms with van der Waals surface area (Å²) in [6.07, 6.45) is 0. The maximum absolute atomic E-state index is 12.7. The van der Waals surface area contributed by atoms with Crippen LogP contribution in [0.3, 0.4) is 0 Å². The molecule has 0 saturated carbocycles. The van der Waals surface area contributed by atoms with Gasteiger partial charge >= 0.3 is 5.97 Å². The van der Waals surface area contributed by atoms with Gasteiger partial charge in [-0.15, -0.1) is 4.73 Å². The second-order valence-corrected chi connectivity index (χ2v) is 6.83. The molecule has 2 aromatic rings. The first-order valence-corrected chi connectivity index (χ1v) is 8.09. The summed E-state index contributed by atoms with van der Waals surface area (Å²) in [6, 6.07) is 3.74. The van der Waals surface area contributed by atoms with E-state index in [2.05, 4.69) is 20.9 Å². The van der Waals surface area contributed by atoms with E-state index in [9.17, 15) is 9.59 Å². The number of hydrogen-bond donors (Lipinski definition) is 0. The summed E-state index contributed by atoms with van der Waals surface area (Å²) < 4.78 is 0.987. The normalized spacial score (nSPS) is 11.7. The Balaban J connectivity index is 2.69. The molecule has 1 heterocycles. The Labute approximate surface area is 137 Å². The molecule has 0 amide bonds. The van der Waals surface area contributed by atoms with Crippen molar-refractivity contribution in [3.05, 3.63) is 39.4 Å². The lowest BCUT2D eigenvalue weighted by Gasteiger charge is -2.18. The molecule has 0 atom stereocenters. The molecule has 2 rings (SSSR count). The van der Waals surface area contributed by atoms with Gasteiger partial charge in [-0.3, -0.25) is 4.79 Å². The molecule has 6 heteroatoms. The van der Waals surface area contributed by atoms with E-state index in [0.717, 1.165) is 15.9 Å². The van der Waals surface area contributed by atoms with Crippen molar-refractivity contribution in [3.8, 4) is 0 Å². The molecule has 22 heavy (non-hydrogen) atoms. The summed E-state index contributed by atoms with van der Waals surface area (Å²) >= 11 is 3.40. The molecule has 0 saturated heterocycles. The quantitative estimate of drug-likeness (QED) is 0.766. The van der Waals surface area contributed by atoms with Crippen molar-refractivity contribution >= 4 is 32.8 Å². The van der Waals surface area contributed by atoms with Gasteiger partial charge in [0.15, 0.2) is 0 Å². The largest absolute Gasteiger partial charge is 0.338 e. The maximum atomic E-state index is 12.7. The van der Waals surface area contributed by atoms with E-state index in [4.69, 9.17) is 4.84 Å². The summed E-state index contributed by atoms with van der Waals surface area (Å²) in [5.74, 6) is -0.130. The van der Waals surface area contributed by atoms with E-state index in [1.807, 2.05) is 19.1 Å². The number of aromatic nitrogens is 2. The number of fused-ring (bicyclic) bond motifs is 1. The van der Waals surface area contributed by atoms with Gasteiger partial charge in [0, 0.05) is 5.33 Å². The number of nitrogens with zero attached hydrogens (tertiary/aromatic N) is 2. The average Bonchev–Trinajstić information content (AvgIpc) is 2.42. The fourth-order valence-corrected chi connectivity index (χ4v) is 2.65. The Kier molecular flexibility index (Phi) is 4.42. The minimum atomic E-state index is -0.701. The first-order valence-electron chi connectivity index (χ1n) is 6.97. The van der Waals surface area contributed by atoms with Gasteiger partial charge < -0.3 is 4.84 Å². The van der Waals surface area contributed by atoms with Crippen molar-refractivity contribution in [1.82, 2.24) is 9.71 Å². The van der Waals surface area contributed by atoms with Gasteiger partial charge in [-0.2, -0.15) is 0 Å². The molecule has 0 N–H and O–H groups in total. The molecule has 0 aliphatic carbocycles. The highest BCUT2D eigenvalue weighted by atomic mass is 79.9. The van der Waals surface area contributed by atoms with Crippen molar-refractivity contribution in [2.45, 2.75) is 39.9 Å². The van der Waals surface area contributed by atoms with Crippen molar-refractivity contribution in [2.75, 3.05) is 0 Å². The highest BCUT2D eigenvalue weighted by molar-refractivity contribution is 9.08. The summed E-state index contributed by atoms with van der Waals surface area (Å²) in [5, 5.41) is 1.12. The van der Waals surface area contributed by atoms with Crippen molar-refractivity contribution in [2.24, 2.45) is 5.41 Å². The zero-order valence-electron chi connectivity index (χ0n) is 13.4. The van der Waals surface area contributed by atoms with Crippen molar-refractivity contribution < 1.29 is 9.63 Å². The molecule has 0 spiro atoms. The van der Waals surface area contributed by atoms with Crippen LogP contribution in [0.15, 0.2) is 16.9 Å². The number of halogens is 1. The average molecular weight is 367 g/mol. The van der Waals surface area contributed by atoms with Crippen LogP contribution >= 0.6 is 15.9 Å². The van der Waals surface area contributed by atoms with E-state index < -0.39 is 11.4 Å². The van der Waals surface area contributed by atoms with E-state index in [-0.39, 0.29) is 5.56 Å². The fourth-order valence-electron chi connectivity index (χ4n) is 2.04. The van der Waals surface area contributed by atoms with Gasteiger partial charge in [-0.1, -0.05) is 22.0 Å². The Hall–Kier alpha value is -1.69. The highest BCUT2D eigenvalue weighted by Crippen LogP contribution is 2.20. The number of benzene rings is 1. The minimum absolute atomic E-state index is 0.348. The fraction of sp³-hybridized carbons (Fsp3) is 0.438. The lowest BCUT2D eigenvalue weighted by molar-refractivity contribution is -0.154. The first-order chi connectivity index (χ1) is 10.2. The lowest BCUT2D eigenvalue weighted by atomic mass is 9.98. The second kappa shape index (κ2) is 5.83. The van der Waals surface area contributed by atoms with E-state index in [1.165, 1.54) is 0 Å². The molecular formula is C16H19BrN2O3. The van der Waals surface area contributed by atoms with Crippen LogP contribution in [-0.4, -0.2) is 15.7 Å². The van der Waals surface area contributed by atoms with Crippen LogP contribution in [0.2, 0.25) is 0 Å². The van der Waals surface area contributed by atoms with Gasteiger partial charge in [-0.05, 0) is 51.8 Å². The third-order valence-electron chi connectivity index (χ3n) is 3.46. The predicted octanol–water partition coefficient (Wildman–Crippen LogP) is 2.91. The van der Waals surface area contributed by atoms with Gasteiger partial charge in [0.25, 0.3) is 5.56 Å². The van der Waals surface area contributed by atoms with E-state index in [1.54, 1.807) is 27.7 Å². The third kappa shape index (κ3) is 2.92. The molecule has 0 aliphatic rings. The molecule has 0 bridgehead atoms. The lowest BCUT2D eigenvalue weighted by Crippen LogP contribution is -2.38. The molecule has 0 aliphatic heterocycles. The Morgan fingerprint density at radius 1 is 1.32 bits per heavy atom. The molecule has 0 radical (unpaired) electrons. The zero-order valence-corrected chi connectivity index (χ0v) is 14.9. The van der Waals surface area contributed by atoms with Crippen LogP contribution in [0, 0.1) is 19.3 Å². The number of rotatable bonds is 2. The van der Waals surface area contributed by atoms with Gasteiger partial charge in [0.05, 0.1) is 16.3 Å². The number of carbonyl (C=O) groups is 1. The molecule has 1 aromatic heterocycles. The summed E-state index contributed by atoms with van der Waals surface area (Å²) in [6.45, 7) is 8.72. The van der Waals surface area contributed by atoms with Crippen molar-refractivity contribution in [1.29, 1.82) is 0 Å². The first kappa shape index (κ1) is 16.7. The summed E-state index contributed by atoms with van der Waals surface area (Å²) in [7, 11) is 0. The Morgan fingerprint density at radius 3 is 2.50 bits per heavy atom. The minimum Gasteiger partial charge on any atom is -0.331 e. The molecule has 0 unspecified atom stereocenters. The standard InChI is InChI=1S/C16H19BrN2O3/c1-9-11(8-17)6-7-12-13(9)14(20)19(10(2)18-12)22-15(21)16(3,4)5/h6-7H,8H2,1-5H3. The highest BCUT2D eigenvalue weighted by Gasteiger charge is 2.26. The second-order valence-electron chi connectivity index (χ2n) is 6.26. The Morgan fingerprint density at radius 2 is 1.95 bits per heavy atom. The number of alkyl halides is 1. The summed E-state index contributed by atoms with van der Waals surface area (Å²) in [5.41, 5.74) is 1.39.